The summed E-state index contributed by atoms with van der Waals surface area (Å²) in [6, 6.07) is 23.5. The number of hydrogen-bond donors (Lipinski definition) is 0. The smallest absolute Gasteiger partial charge is 0.269 e. The third kappa shape index (κ3) is 4.84. The van der Waals surface area contributed by atoms with E-state index < -0.39 is 4.92 Å². The van der Waals surface area contributed by atoms with Crippen LogP contribution >= 0.6 is 15.9 Å². The zero-order chi connectivity index (χ0) is 19.9. The van der Waals surface area contributed by atoms with Crippen molar-refractivity contribution in [1.82, 2.24) is 0 Å². The number of nitrogens with zero attached hydrogens (tertiary/aromatic N) is 2. The molecular weight excluding hydrogens is 420 g/mol. The molecule has 6 heteroatoms. The van der Waals surface area contributed by atoms with E-state index in [1.54, 1.807) is 18.2 Å². The first-order chi connectivity index (χ1) is 13.6. The van der Waals surface area contributed by atoms with E-state index in [2.05, 4.69) is 22.0 Å². The van der Waals surface area contributed by atoms with Crippen LogP contribution < -0.4 is 4.74 Å². The van der Waals surface area contributed by atoms with E-state index in [9.17, 15) is 15.4 Å². The maximum Gasteiger partial charge on any atom is 0.269 e. The predicted octanol–water partition coefficient (Wildman–Crippen LogP) is 6.00. The monoisotopic (exact) mass is 434 g/mol. The lowest BCUT2D eigenvalue weighted by Crippen LogP contribution is -1.95. The number of non-ortho nitro benzene ring substituents is 1. The molecule has 0 N–H and O–H groups in total. The summed E-state index contributed by atoms with van der Waals surface area (Å²) in [6.07, 6.45) is 1.73. The highest BCUT2D eigenvalue weighted by atomic mass is 79.9. The second-order valence-electron chi connectivity index (χ2n) is 5.94. The van der Waals surface area contributed by atoms with Crippen LogP contribution in [0.25, 0.3) is 11.6 Å². The molecule has 0 atom stereocenters. The highest BCUT2D eigenvalue weighted by Gasteiger charge is 2.08. The van der Waals surface area contributed by atoms with Crippen LogP contribution in [0, 0.1) is 21.4 Å². The molecule has 3 rings (SSSR count). The molecule has 0 fully saturated rings. The molecule has 0 aromatic heterocycles. The van der Waals surface area contributed by atoms with Gasteiger partial charge in [-0.3, -0.25) is 10.1 Å². The van der Waals surface area contributed by atoms with Gasteiger partial charge in [0.25, 0.3) is 5.69 Å². The van der Waals surface area contributed by atoms with Crippen LogP contribution in [0.15, 0.2) is 77.3 Å². The quantitative estimate of drug-likeness (QED) is 0.206. The molecule has 0 saturated heterocycles. The van der Waals surface area contributed by atoms with Crippen molar-refractivity contribution in [3.8, 4) is 11.8 Å². The molecule has 0 heterocycles. The summed E-state index contributed by atoms with van der Waals surface area (Å²) in [5.74, 6) is 0.704. The van der Waals surface area contributed by atoms with Crippen LogP contribution in [0.4, 0.5) is 5.69 Å². The van der Waals surface area contributed by atoms with Crippen LogP contribution in [0.3, 0.4) is 0 Å². The van der Waals surface area contributed by atoms with Gasteiger partial charge in [-0.1, -0.05) is 36.4 Å². The summed E-state index contributed by atoms with van der Waals surface area (Å²) in [6.45, 7) is 0.459. The third-order valence-electron chi connectivity index (χ3n) is 4.01. The van der Waals surface area contributed by atoms with Gasteiger partial charge in [0.1, 0.15) is 12.4 Å². The van der Waals surface area contributed by atoms with Crippen molar-refractivity contribution < 1.29 is 9.66 Å². The third-order valence-corrected chi connectivity index (χ3v) is 4.63. The fraction of sp³-hybridized carbons (Fsp3) is 0.0455. The van der Waals surface area contributed by atoms with Crippen molar-refractivity contribution in [1.29, 1.82) is 5.26 Å². The fourth-order valence-corrected chi connectivity index (χ4v) is 3.08. The molecule has 0 aliphatic rings. The van der Waals surface area contributed by atoms with Gasteiger partial charge in [0.2, 0.25) is 0 Å². The Morgan fingerprint density at radius 2 is 1.82 bits per heavy atom. The van der Waals surface area contributed by atoms with E-state index in [1.807, 2.05) is 48.5 Å². The summed E-state index contributed by atoms with van der Waals surface area (Å²) >= 11 is 3.50. The molecule has 0 saturated carbocycles. The topological polar surface area (TPSA) is 76.2 Å². The second kappa shape index (κ2) is 8.98. The lowest BCUT2D eigenvalue weighted by Gasteiger charge is -2.09. The van der Waals surface area contributed by atoms with E-state index in [0.29, 0.717) is 23.5 Å². The minimum Gasteiger partial charge on any atom is -0.488 e. The summed E-state index contributed by atoms with van der Waals surface area (Å²) in [4.78, 5) is 10.3. The number of halogens is 1. The maximum atomic E-state index is 10.8. The van der Waals surface area contributed by atoms with Crippen molar-refractivity contribution in [3.63, 3.8) is 0 Å². The lowest BCUT2D eigenvalue weighted by molar-refractivity contribution is -0.384. The molecule has 28 heavy (non-hydrogen) atoms. The molecule has 0 spiro atoms. The second-order valence-corrected chi connectivity index (χ2v) is 6.79. The Hall–Kier alpha value is -3.43. The standard InChI is InChI=1S/C22H15BrN2O3/c23-21-13-17(6-11-22(21)28-15-16-4-2-1-3-5-16)12-19(14-24)18-7-9-20(10-8-18)25(26)27/h1-13H,15H2. The maximum absolute atomic E-state index is 10.8. The number of nitro groups is 1. The number of nitro benzene ring substituents is 1. The summed E-state index contributed by atoms with van der Waals surface area (Å²) in [5.41, 5.74) is 2.91. The van der Waals surface area contributed by atoms with Crippen molar-refractivity contribution in [2.45, 2.75) is 6.61 Å². The molecular formula is C22H15BrN2O3. The largest absolute Gasteiger partial charge is 0.488 e. The van der Waals surface area contributed by atoms with Gasteiger partial charge in [0, 0.05) is 12.1 Å². The molecule has 0 aliphatic carbocycles. The average molecular weight is 435 g/mol. The molecule has 0 unspecified atom stereocenters. The predicted molar refractivity (Wildman–Crippen MR) is 111 cm³/mol. The van der Waals surface area contributed by atoms with Gasteiger partial charge in [-0.2, -0.15) is 5.26 Å². The molecule has 3 aromatic rings. The minimum atomic E-state index is -0.467. The summed E-state index contributed by atoms with van der Waals surface area (Å²) in [7, 11) is 0. The first kappa shape index (κ1) is 19.3. The van der Waals surface area contributed by atoms with Crippen LogP contribution in [0.5, 0.6) is 5.75 Å². The van der Waals surface area contributed by atoms with Gasteiger partial charge in [-0.05, 0) is 63.0 Å². The first-order valence-electron chi connectivity index (χ1n) is 8.40. The van der Waals surface area contributed by atoms with E-state index in [0.717, 1.165) is 15.6 Å². The Bertz CT molecular complexity index is 1060. The van der Waals surface area contributed by atoms with Crippen molar-refractivity contribution in [2.24, 2.45) is 0 Å². The highest BCUT2D eigenvalue weighted by molar-refractivity contribution is 9.10. The number of nitriles is 1. The van der Waals surface area contributed by atoms with Gasteiger partial charge in [-0.25, -0.2) is 0 Å². The zero-order valence-electron chi connectivity index (χ0n) is 14.7. The van der Waals surface area contributed by atoms with E-state index in [-0.39, 0.29) is 5.69 Å². The Labute approximate surface area is 170 Å². The fourth-order valence-electron chi connectivity index (χ4n) is 2.57. The van der Waals surface area contributed by atoms with Gasteiger partial charge >= 0.3 is 0 Å². The van der Waals surface area contributed by atoms with Crippen LogP contribution in [0.1, 0.15) is 16.7 Å². The molecule has 138 valence electrons. The first-order valence-corrected chi connectivity index (χ1v) is 9.19. The molecule has 0 aliphatic heterocycles. The van der Waals surface area contributed by atoms with E-state index in [4.69, 9.17) is 4.74 Å². The van der Waals surface area contributed by atoms with E-state index in [1.165, 1.54) is 12.1 Å². The molecule has 3 aromatic carbocycles. The lowest BCUT2D eigenvalue weighted by atomic mass is 10.0. The summed E-state index contributed by atoms with van der Waals surface area (Å²) in [5, 5.41) is 20.2. The minimum absolute atomic E-state index is 0.0105. The Balaban J connectivity index is 1.78. The normalized spacial score (nSPS) is 10.9. The van der Waals surface area contributed by atoms with Gasteiger partial charge in [0.15, 0.2) is 0 Å². The number of hydrogen-bond acceptors (Lipinski definition) is 4. The van der Waals surface area contributed by atoms with Gasteiger partial charge in [-0.15, -0.1) is 0 Å². The molecule has 0 bridgehead atoms. The van der Waals surface area contributed by atoms with Crippen LogP contribution in [-0.4, -0.2) is 4.92 Å². The molecule has 0 amide bonds. The SMILES string of the molecule is N#CC(=Cc1ccc(OCc2ccccc2)c(Br)c1)c1ccc([N+](=O)[O-])cc1. The number of ether oxygens (including phenoxy) is 1. The van der Waals surface area contributed by atoms with Crippen LogP contribution in [-0.2, 0) is 6.61 Å². The summed E-state index contributed by atoms with van der Waals surface area (Å²) < 4.78 is 6.61. The molecule has 0 radical (unpaired) electrons. The zero-order valence-corrected chi connectivity index (χ0v) is 16.3. The Morgan fingerprint density at radius 1 is 1.11 bits per heavy atom. The van der Waals surface area contributed by atoms with Crippen molar-refractivity contribution in [3.05, 3.63) is 104 Å². The molecule has 5 nitrogen and oxygen atoms in total. The van der Waals surface area contributed by atoms with Crippen molar-refractivity contribution >= 4 is 33.3 Å². The van der Waals surface area contributed by atoms with Crippen LogP contribution in [0.2, 0.25) is 0 Å². The van der Waals surface area contributed by atoms with Crippen molar-refractivity contribution in [2.75, 3.05) is 0 Å². The van der Waals surface area contributed by atoms with Gasteiger partial charge < -0.3 is 4.74 Å². The number of benzene rings is 3. The Morgan fingerprint density at radius 3 is 2.43 bits per heavy atom. The van der Waals surface area contributed by atoms with E-state index >= 15 is 0 Å². The number of allylic oxidation sites excluding steroid dienone is 1. The number of rotatable bonds is 6. The average Bonchev–Trinajstić information content (AvgIpc) is 2.72. The van der Waals surface area contributed by atoms with Gasteiger partial charge in [0.05, 0.1) is 21.0 Å². The highest BCUT2D eigenvalue weighted by Crippen LogP contribution is 2.29. The Kier molecular flexibility index (Phi) is 6.20.